The second kappa shape index (κ2) is 12.4. The third kappa shape index (κ3) is 8.15. The first kappa shape index (κ1) is 20.9. The van der Waals surface area contributed by atoms with Gasteiger partial charge in [-0.2, -0.15) is 0 Å². The number of hydrogen-bond acceptors (Lipinski definition) is 2. The molecule has 0 saturated carbocycles. The molecule has 0 aliphatic rings. The largest absolute Gasteiger partial charge is 0.223 e. The second-order valence-electron chi connectivity index (χ2n) is 5.63. The summed E-state index contributed by atoms with van der Waals surface area (Å²) in [7, 11) is 0. The van der Waals surface area contributed by atoms with E-state index in [1.165, 1.54) is 56.9 Å². The summed E-state index contributed by atoms with van der Waals surface area (Å²) < 4.78 is 0. The van der Waals surface area contributed by atoms with Crippen LogP contribution >= 0.6 is 28.6 Å². The summed E-state index contributed by atoms with van der Waals surface area (Å²) in [6.45, 7) is 6.63. The van der Waals surface area contributed by atoms with Gasteiger partial charge < -0.3 is 0 Å². The highest BCUT2D eigenvalue weighted by Gasteiger charge is 2.09. The fourth-order valence-corrected chi connectivity index (χ4v) is 2.71. The van der Waals surface area contributed by atoms with Gasteiger partial charge in [0.15, 0.2) is 0 Å². The van der Waals surface area contributed by atoms with Crippen LogP contribution in [0, 0.1) is 6.92 Å². The summed E-state index contributed by atoms with van der Waals surface area (Å²) in [4.78, 5) is 8.86. The van der Waals surface area contributed by atoms with Crippen molar-refractivity contribution in [1.82, 2.24) is 9.97 Å². The summed E-state index contributed by atoms with van der Waals surface area (Å²) in [6.07, 6.45) is 12.2. The Morgan fingerprint density at radius 2 is 1.19 bits per heavy atom. The molecule has 1 rings (SSSR count). The van der Waals surface area contributed by atoms with Gasteiger partial charge in [-0.05, 0) is 49.8 Å². The Hall–Kier alpha value is -0.150. The SMILES string of the molecule is Br.CCCCCCc1nc(Cl)nc(CCCCCC)c1C. The number of rotatable bonds is 10. The van der Waals surface area contributed by atoms with Crippen molar-refractivity contribution in [3.05, 3.63) is 22.2 Å². The molecule has 0 aromatic carbocycles. The topological polar surface area (TPSA) is 25.8 Å². The van der Waals surface area contributed by atoms with E-state index in [-0.39, 0.29) is 17.0 Å². The van der Waals surface area contributed by atoms with Gasteiger partial charge >= 0.3 is 0 Å². The Kier molecular flexibility index (Phi) is 12.3. The maximum Gasteiger partial charge on any atom is 0.222 e. The first-order valence-electron chi connectivity index (χ1n) is 8.20. The van der Waals surface area contributed by atoms with Gasteiger partial charge in [0.1, 0.15) is 0 Å². The van der Waals surface area contributed by atoms with E-state index in [0.29, 0.717) is 5.28 Å². The average Bonchev–Trinajstić information content (AvgIpc) is 2.44. The van der Waals surface area contributed by atoms with Crippen LogP contribution in [0.3, 0.4) is 0 Å². The Balaban J connectivity index is 0.00000400. The number of hydrogen-bond donors (Lipinski definition) is 0. The van der Waals surface area contributed by atoms with Crippen LogP contribution in [-0.4, -0.2) is 9.97 Å². The maximum atomic E-state index is 6.08. The number of aryl methyl sites for hydroxylation is 2. The molecular formula is C17H30BrClN2. The lowest BCUT2D eigenvalue weighted by molar-refractivity contribution is 0.646. The van der Waals surface area contributed by atoms with E-state index < -0.39 is 0 Å². The lowest BCUT2D eigenvalue weighted by Crippen LogP contribution is -2.04. The fourth-order valence-electron chi connectivity index (χ4n) is 2.51. The zero-order valence-electron chi connectivity index (χ0n) is 13.8. The predicted molar refractivity (Wildman–Crippen MR) is 97.8 cm³/mol. The average molecular weight is 378 g/mol. The van der Waals surface area contributed by atoms with Gasteiger partial charge in [0.2, 0.25) is 5.28 Å². The van der Waals surface area contributed by atoms with Crippen LogP contribution in [0.15, 0.2) is 0 Å². The third-order valence-corrected chi connectivity index (χ3v) is 4.02. The van der Waals surface area contributed by atoms with Crippen molar-refractivity contribution in [2.75, 3.05) is 0 Å². The van der Waals surface area contributed by atoms with Gasteiger partial charge in [0, 0.05) is 11.4 Å². The Labute approximate surface area is 145 Å². The second-order valence-corrected chi connectivity index (χ2v) is 5.97. The minimum Gasteiger partial charge on any atom is -0.223 e. The lowest BCUT2D eigenvalue weighted by Gasteiger charge is -2.10. The van der Waals surface area contributed by atoms with Gasteiger partial charge in [-0.1, -0.05) is 52.4 Å². The smallest absolute Gasteiger partial charge is 0.222 e. The van der Waals surface area contributed by atoms with Crippen molar-refractivity contribution in [3.63, 3.8) is 0 Å². The van der Waals surface area contributed by atoms with Gasteiger partial charge in [0.05, 0.1) is 0 Å². The highest BCUT2D eigenvalue weighted by molar-refractivity contribution is 8.93. The highest BCUT2D eigenvalue weighted by Crippen LogP contribution is 2.18. The van der Waals surface area contributed by atoms with E-state index in [1.807, 2.05) is 0 Å². The first-order valence-corrected chi connectivity index (χ1v) is 8.58. The van der Waals surface area contributed by atoms with Crippen LogP contribution in [0.4, 0.5) is 0 Å². The molecule has 1 heterocycles. The minimum atomic E-state index is 0. The number of unbranched alkanes of at least 4 members (excludes halogenated alkanes) is 6. The monoisotopic (exact) mass is 376 g/mol. The zero-order chi connectivity index (χ0) is 14.8. The van der Waals surface area contributed by atoms with E-state index in [9.17, 15) is 0 Å². The summed E-state index contributed by atoms with van der Waals surface area (Å²) in [6, 6.07) is 0. The molecule has 1 aromatic rings. The molecule has 0 aliphatic heterocycles. The van der Waals surface area contributed by atoms with Crippen LogP contribution in [0.1, 0.15) is 82.2 Å². The van der Waals surface area contributed by atoms with Crippen molar-refractivity contribution in [2.24, 2.45) is 0 Å². The molecule has 1 aromatic heterocycles. The molecule has 0 amide bonds. The summed E-state index contributed by atoms with van der Waals surface area (Å²) >= 11 is 6.08. The minimum absolute atomic E-state index is 0. The molecule has 4 heteroatoms. The van der Waals surface area contributed by atoms with Crippen molar-refractivity contribution in [1.29, 1.82) is 0 Å². The van der Waals surface area contributed by atoms with Crippen LogP contribution in [0.5, 0.6) is 0 Å². The molecule has 21 heavy (non-hydrogen) atoms. The molecule has 0 radical (unpaired) electrons. The molecule has 0 unspecified atom stereocenters. The zero-order valence-corrected chi connectivity index (χ0v) is 16.2. The molecule has 0 atom stereocenters. The normalized spacial score (nSPS) is 10.5. The number of nitrogens with zero attached hydrogens (tertiary/aromatic N) is 2. The standard InChI is InChI=1S/C17H29ClN2.BrH/c1-4-6-8-10-12-15-14(3)16(20-17(18)19-15)13-11-9-7-5-2;/h4-13H2,1-3H3;1H. The Bertz CT molecular complexity index is 363. The van der Waals surface area contributed by atoms with Crippen LogP contribution in [-0.2, 0) is 12.8 Å². The molecule has 0 fully saturated rings. The molecule has 122 valence electrons. The van der Waals surface area contributed by atoms with Crippen LogP contribution in [0.25, 0.3) is 0 Å². The molecule has 2 nitrogen and oxygen atoms in total. The van der Waals surface area contributed by atoms with Crippen molar-refractivity contribution >= 4 is 28.6 Å². The lowest BCUT2D eigenvalue weighted by atomic mass is 10.0. The number of halogens is 2. The molecule has 0 bridgehead atoms. The molecular weight excluding hydrogens is 348 g/mol. The molecule has 0 aliphatic carbocycles. The van der Waals surface area contributed by atoms with Gasteiger partial charge in [-0.15, -0.1) is 17.0 Å². The fraction of sp³-hybridized carbons (Fsp3) is 0.765. The van der Waals surface area contributed by atoms with Crippen molar-refractivity contribution in [3.8, 4) is 0 Å². The number of aromatic nitrogens is 2. The molecule has 0 saturated heterocycles. The van der Waals surface area contributed by atoms with Gasteiger partial charge in [0.25, 0.3) is 0 Å². The van der Waals surface area contributed by atoms with E-state index in [1.54, 1.807) is 0 Å². The third-order valence-electron chi connectivity index (χ3n) is 3.85. The summed E-state index contributed by atoms with van der Waals surface area (Å²) in [5.74, 6) is 0. The molecule has 0 N–H and O–H groups in total. The van der Waals surface area contributed by atoms with E-state index >= 15 is 0 Å². The van der Waals surface area contributed by atoms with E-state index in [2.05, 4.69) is 30.7 Å². The maximum absolute atomic E-state index is 6.08. The van der Waals surface area contributed by atoms with Crippen LogP contribution < -0.4 is 0 Å². The van der Waals surface area contributed by atoms with E-state index in [0.717, 1.165) is 24.2 Å². The summed E-state index contributed by atoms with van der Waals surface area (Å²) in [5, 5.41) is 0.423. The van der Waals surface area contributed by atoms with Gasteiger partial charge in [-0.3, -0.25) is 0 Å². The Morgan fingerprint density at radius 1 is 0.762 bits per heavy atom. The van der Waals surface area contributed by atoms with E-state index in [4.69, 9.17) is 11.6 Å². The van der Waals surface area contributed by atoms with Crippen LogP contribution in [0.2, 0.25) is 5.28 Å². The highest BCUT2D eigenvalue weighted by atomic mass is 79.9. The Morgan fingerprint density at radius 3 is 1.57 bits per heavy atom. The quantitative estimate of drug-likeness (QED) is 0.355. The van der Waals surface area contributed by atoms with Gasteiger partial charge in [-0.25, -0.2) is 9.97 Å². The first-order chi connectivity index (χ1) is 9.69. The van der Waals surface area contributed by atoms with Crippen molar-refractivity contribution < 1.29 is 0 Å². The molecule has 0 spiro atoms. The summed E-state index contributed by atoms with van der Waals surface area (Å²) in [5.41, 5.74) is 3.58. The van der Waals surface area contributed by atoms with Crippen molar-refractivity contribution in [2.45, 2.75) is 85.0 Å². The predicted octanol–water partition coefficient (Wildman–Crippen LogP) is 6.26.